The maximum Gasteiger partial charge on any atom is 0.293 e. The molecule has 0 amide bonds. The van der Waals surface area contributed by atoms with Gasteiger partial charge in [0.1, 0.15) is 0 Å². The molecule has 0 spiro atoms. The molecule has 1 aromatic heterocycles. The number of nitrogens with zero attached hydrogens (tertiary/aromatic N) is 2. The summed E-state index contributed by atoms with van der Waals surface area (Å²) in [5.74, 6) is 0. The Hall–Kier alpha value is -1.64. The van der Waals surface area contributed by atoms with Crippen molar-refractivity contribution >= 4 is 0 Å². The maximum absolute atomic E-state index is 12.9. The van der Waals surface area contributed by atoms with Crippen molar-refractivity contribution in [2.24, 2.45) is 0 Å². The van der Waals surface area contributed by atoms with Gasteiger partial charge in [-0.1, -0.05) is 18.2 Å². The van der Waals surface area contributed by atoms with Crippen LogP contribution in [-0.4, -0.2) is 9.55 Å². The molecule has 0 aliphatic rings. The number of hydrogen-bond acceptors (Lipinski definition) is 1. The van der Waals surface area contributed by atoms with Crippen molar-refractivity contribution in [1.82, 2.24) is 9.55 Å². The minimum atomic E-state index is -0.485. The molecule has 0 aliphatic heterocycles. The molecule has 0 saturated heterocycles. The quantitative estimate of drug-likeness (QED) is 0.627. The summed E-state index contributed by atoms with van der Waals surface area (Å²) in [5, 5.41) is 0. The van der Waals surface area contributed by atoms with Gasteiger partial charge in [0.25, 0.3) is 6.08 Å². The standard InChI is InChI=1S/C9H7FN2/c10-9-11-6-7-12(9)8-4-2-1-3-5-8/h1-7H. The smallest absolute Gasteiger partial charge is 0.276 e. The Morgan fingerprint density at radius 2 is 1.92 bits per heavy atom. The third-order valence-corrected chi connectivity index (χ3v) is 1.63. The highest BCUT2D eigenvalue weighted by atomic mass is 19.1. The van der Waals surface area contributed by atoms with E-state index in [4.69, 9.17) is 0 Å². The Morgan fingerprint density at radius 3 is 2.50 bits per heavy atom. The Morgan fingerprint density at radius 1 is 1.17 bits per heavy atom. The van der Waals surface area contributed by atoms with Gasteiger partial charge >= 0.3 is 0 Å². The van der Waals surface area contributed by atoms with E-state index in [1.165, 1.54) is 10.8 Å². The second kappa shape index (κ2) is 2.77. The molecule has 2 rings (SSSR count). The number of aromatic nitrogens is 2. The zero-order valence-corrected chi connectivity index (χ0v) is 6.31. The van der Waals surface area contributed by atoms with Crippen molar-refractivity contribution in [2.75, 3.05) is 0 Å². The van der Waals surface area contributed by atoms with Gasteiger partial charge < -0.3 is 0 Å². The molecular formula is C9H7FN2. The largest absolute Gasteiger partial charge is 0.293 e. The van der Waals surface area contributed by atoms with Gasteiger partial charge in [-0.25, -0.2) is 4.98 Å². The van der Waals surface area contributed by atoms with Crippen LogP contribution in [0.1, 0.15) is 0 Å². The lowest BCUT2D eigenvalue weighted by atomic mass is 10.3. The first kappa shape index (κ1) is 7.03. The van der Waals surface area contributed by atoms with Crippen LogP contribution in [-0.2, 0) is 0 Å². The van der Waals surface area contributed by atoms with Gasteiger partial charge in [0.15, 0.2) is 0 Å². The highest BCUT2D eigenvalue weighted by molar-refractivity contribution is 5.30. The fourth-order valence-electron chi connectivity index (χ4n) is 1.07. The summed E-state index contributed by atoms with van der Waals surface area (Å²) in [6, 6.07) is 9.25. The molecule has 0 atom stereocenters. The molecule has 0 aliphatic carbocycles. The number of imidazole rings is 1. The number of para-hydroxylation sites is 1. The van der Waals surface area contributed by atoms with Gasteiger partial charge in [0.05, 0.1) is 0 Å². The van der Waals surface area contributed by atoms with Crippen molar-refractivity contribution in [2.45, 2.75) is 0 Å². The zero-order chi connectivity index (χ0) is 8.39. The van der Waals surface area contributed by atoms with Crippen LogP contribution in [0.15, 0.2) is 42.7 Å². The summed E-state index contributed by atoms with van der Waals surface area (Å²) in [7, 11) is 0. The molecule has 0 bridgehead atoms. The normalized spacial score (nSPS) is 10.1. The van der Waals surface area contributed by atoms with Crippen molar-refractivity contribution in [3.8, 4) is 5.69 Å². The van der Waals surface area contributed by atoms with Gasteiger partial charge in [0, 0.05) is 18.1 Å². The summed E-state index contributed by atoms with van der Waals surface area (Å²) >= 11 is 0. The summed E-state index contributed by atoms with van der Waals surface area (Å²) < 4.78 is 14.3. The molecule has 0 saturated carbocycles. The molecule has 0 unspecified atom stereocenters. The topological polar surface area (TPSA) is 17.8 Å². The van der Waals surface area contributed by atoms with Crippen LogP contribution >= 0.6 is 0 Å². The van der Waals surface area contributed by atoms with Crippen molar-refractivity contribution in [3.05, 3.63) is 48.8 Å². The SMILES string of the molecule is Fc1nccn1-c1ccccc1. The Balaban J connectivity index is 2.51. The molecule has 2 nitrogen and oxygen atoms in total. The van der Waals surface area contributed by atoms with Crippen LogP contribution in [0.4, 0.5) is 4.39 Å². The molecule has 3 heteroatoms. The van der Waals surface area contributed by atoms with E-state index in [1.54, 1.807) is 6.20 Å². The van der Waals surface area contributed by atoms with Crippen LogP contribution in [0.3, 0.4) is 0 Å². The van der Waals surface area contributed by atoms with Crippen LogP contribution in [0.5, 0.6) is 0 Å². The maximum atomic E-state index is 12.9. The van der Waals surface area contributed by atoms with Crippen molar-refractivity contribution < 1.29 is 4.39 Å². The molecule has 0 radical (unpaired) electrons. The lowest BCUT2D eigenvalue weighted by Gasteiger charge is -2.00. The van der Waals surface area contributed by atoms with Gasteiger partial charge in [-0.3, -0.25) is 4.57 Å². The fourth-order valence-corrected chi connectivity index (χ4v) is 1.07. The summed E-state index contributed by atoms with van der Waals surface area (Å²) in [6.07, 6.45) is 2.54. The van der Waals surface area contributed by atoms with E-state index in [0.717, 1.165) is 5.69 Å². The molecule has 60 valence electrons. The first-order valence-corrected chi connectivity index (χ1v) is 3.62. The van der Waals surface area contributed by atoms with E-state index in [1.807, 2.05) is 30.3 Å². The number of rotatable bonds is 1. The zero-order valence-electron chi connectivity index (χ0n) is 6.31. The van der Waals surface area contributed by atoms with Gasteiger partial charge in [-0.2, -0.15) is 4.39 Å². The van der Waals surface area contributed by atoms with Gasteiger partial charge in [-0.15, -0.1) is 0 Å². The molecule has 1 aromatic carbocycles. The van der Waals surface area contributed by atoms with E-state index >= 15 is 0 Å². The van der Waals surface area contributed by atoms with Gasteiger partial charge in [-0.05, 0) is 12.1 Å². The number of benzene rings is 1. The minimum Gasteiger partial charge on any atom is -0.276 e. The average molecular weight is 162 g/mol. The highest BCUT2D eigenvalue weighted by Crippen LogP contribution is 2.07. The summed E-state index contributed by atoms with van der Waals surface area (Å²) in [6.45, 7) is 0. The summed E-state index contributed by atoms with van der Waals surface area (Å²) in [4.78, 5) is 3.49. The molecule has 0 N–H and O–H groups in total. The van der Waals surface area contributed by atoms with E-state index < -0.39 is 6.08 Å². The van der Waals surface area contributed by atoms with Crippen molar-refractivity contribution in [3.63, 3.8) is 0 Å². The van der Waals surface area contributed by atoms with Crippen LogP contribution in [0.25, 0.3) is 5.69 Å². The molecule has 1 heterocycles. The first-order chi connectivity index (χ1) is 5.88. The average Bonchev–Trinajstić information content (AvgIpc) is 2.53. The first-order valence-electron chi connectivity index (χ1n) is 3.62. The lowest BCUT2D eigenvalue weighted by molar-refractivity contribution is 0.523. The third kappa shape index (κ3) is 1.09. The molecule has 12 heavy (non-hydrogen) atoms. The van der Waals surface area contributed by atoms with Crippen molar-refractivity contribution in [1.29, 1.82) is 0 Å². The predicted molar refractivity (Wildman–Crippen MR) is 43.5 cm³/mol. The van der Waals surface area contributed by atoms with Gasteiger partial charge in [0.2, 0.25) is 0 Å². The fraction of sp³-hybridized carbons (Fsp3) is 0. The monoisotopic (exact) mass is 162 g/mol. The molecule has 2 aromatic rings. The van der Waals surface area contributed by atoms with Crippen LogP contribution in [0, 0.1) is 6.08 Å². The second-order valence-electron chi connectivity index (χ2n) is 2.40. The Kier molecular flexibility index (Phi) is 1.63. The van der Waals surface area contributed by atoms with Crippen LogP contribution < -0.4 is 0 Å². The van der Waals surface area contributed by atoms with E-state index in [9.17, 15) is 4.39 Å². The molecular weight excluding hydrogens is 155 g/mol. The second-order valence-corrected chi connectivity index (χ2v) is 2.40. The highest BCUT2D eigenvalue weighted by Gasteiger charge is 2.00. The van der Waals surface area contributed by atoms with E-state index in [-0.39, 0.29) is 0 Å². The molecule has 0 fully saturated rings. The number of halogens is 1. The number of hydrogen-bond donors (Lipinski definition) is 0. The van der Waals surface area contributed by atoms with E-state index in [0.29, 0.717) is 0 Å². The third-order valence-electron chi connectivity index (χ3n) is 1.63. The summed E-state index contributed by atoms with van der Waals surface area (Å²) in [5.41, 5.74) is 0.785. The Bertz CT molecular complexity index is 367. The van der Waals surface area contributed by atoms with Crippen LogP contribution in [0.2, 0.25) is 0 Å². The predicted octanol–water partition coefficient (Wildman–Crippen LogP) is 2.01. The Labute approximate surface area is 69.3 Å². The lowest BCUT2D eigenvalue weighted by Crippen LogP contribution is -1.95. The minimum absolute atomic E-state index is 0.485. The van der Waals surface area contributed by atoms with E-state index in [2.05, 4.69) is 4.98 Å².